The maximum absolute atomic E-state index is 12.8. The summed E-state index contributed by atoms with van der Waals surface area (Å²) in [6.07, 6.45) is 1.81. The van der Waals surface area contributed by atoms with E-state index >= 15 is 0 Å². The van der Waals surface area contributed by atoms with Crippen LogP contribution in [0.15, 0.2) is 48.5 Å². The Hall–Kier alpha value is -3.15. The fraction of sp³-hybridized carbons (Fsp3) is 0.286. The smallest absolute Gasteiger partial charge is 0.257 e. The lowest BCUT2D eigenvalue weighted by atomic mass is 10.1. The van der Waals surface area contributed by atoms with Crippen molar-refractivity contribution in [2.75, 3.05) is 23.8 Å². The minimum Gasteiger partial charge on any atom is -0.352 e. The van der Waals surface area contributed by atoms with Crippen LogP contribution in [0.2, 0.25) is 0 Å². The van der Waals surface area contributed by atoms with Crippen molar-refractivity contribution in [3.05, 3.63) is 59.7 Å². The summed E-state index contributed by atoms with van der Waals surface area (Å²) in [4.78, 5) is 38.7. The molecule has 0 aliphatic heterocycles. The lowest BCUT2D eigenvalue weighted by Gasteiger charge is -2.20. The molecular weight excluding hydrogens is 342 g/mol. The fourth-order valence-electron chi connectivity index (χ4n) is 2.88. The van der Waals surface area contributed by atoms with Gasteiger partial charge in [0.15, 0.2) is 0 Å². The number of carbonyl (C=O) groups is 3. The van der Waals surface area contributed by atoms with E-state index in [1.165, 1.54) is 0 Å². The van der Waals surface area contributed by atoms with Gasteiger partial charge in [-0.2, -0.15) is 0 Å². The van der Waals surface area contributed by atoms with E-state index in [1.54, 1.807) is 60.5 Å². The summed E-state index contributed by atoms with van der Waals surface area (Å²) in [6.45, 7) is 2.38. The Labute approximate surface area is 158 Å². The van der Waals surface area contributed by atoms with Crippen LogP contribution in [-0.4, -0.2) is 31.3 Å². The highest BCUT2D eigenvalue weighted by Crippen LogP contribution is 2.33. The van der Waals surface area contributed by atoms with Crippen molar-refractivity contribution in [3.63, 3.8) is 0 Å². The summed E-state index contributed by atoms with van der Waals surface area (Å²) >= 11 is 0. The quantitative estimate of drug-likeness (QED) is 0.826. The van der Waals surface area contributed by atoms with Gasteiger partial charge < -0.3 is 15.5 Å². The van der Waals surface area contributed by atoms with Crippen molar-refractivity contribution in [2.24, 2.45) is 5.92 Å². The maximum Gasteiger partial charge on any atom is 0.257 e. The molecule has 27 heavy (non-hydrogen) atoms. The average Bonchev–Trinajstić information content (AvgIpc) is 3.52. The molecule has 140 valence electrons. The van der Waals surface area contributed by atoms with Crippen LogP contribution < -0.4 is 15.5 Å². The van der Waals surface area contributed by atoms with Crippen molar-refractivity contribution in [3.8, 4) is 0 Å². The number of rotatable bonds is 6. The first-order valence-corrected chi connectivity index (χ1v) is 9.07. The van der Waals surface area contributed by atoms with Gasteiger partial charge in [-0.1, -0.05) is 18.2 Å². The Balaban J connectivity index is 1.80. The van der Waals surface area contributed by atoms with Crippen molar-refractivity contribution in [1.29, 1.82) is 0 Å². The van der Waals surface area contributed by atoms with E-state index in [1.807, 2.05) is 6.92 Å². The summed E-state index contributed by atoms with van der Waals surface area (Å²) < 4.78 is 0. The molecule has 0 radical (unpaired) electrons. The first-order valence-electron chi connectivity index (χ1n) is 9.07. The third-order valence-electron chi connectivity index (χ3n) is 4.49. The topological polar surface area (TPSA) is 78.5 Å². The summed E-state index contributed by atoms with van der Waals surface area (Å²) in [5.74, 6) is -0.411. The van der Waals surface area contributed by atoms with Crippen molar-refractivity contribution in [1.82, 2.24) is 5.32 Å². The second-order valence-corrected chi connectivity index (χ2v) is 6.58. The Bertz CT molecular complexity index is 874. The molecule has 0 spiro atoms. The normalized spacial score (nSPS) is 13.0. The third-order valence-corrected chi connectivity index (χ3v) is 4.49. The van der Waals surface area contributed by atoms with Gasteiger partial charge in [-0.15, -0.1) is 0 Å². The molecule has 0 heterocycles. The highest BCUT2D eigenvalue weighted by Gasteiger charge is 2.33. The summed E-state index contributed by atoms with van der Waals surface area (Å²) in [5, 5.41) is 5.55. The molecule has 2 aromatic carbocycles. The highest BCUT2D eigenvalue weighted by molar-refractivity contribution is 6.11. The van der Waals surface area contributed by atoms with Crippen LogP contribution in [0.3, 0.4) is 0 Å². The minimum absolute atomic E-state index is 0.0356. The van der Waals surface area contributed by atoms with Crippen LogP contribution in [0.1, 0.15) is 40.5 Å². The number of carbonyl (C=O) groups excluding carboxylic acids is 3. The Morgan fingerprint density at radius 1 is 1.04 bits per heavy atom. The lowest BCUT2D eigenvalue weighted by Crippen LogP contribution is -2.30. The molecule has 6 heteroatoms. The molecule has 3 amide bonds. The van der Waals surface area contributed by atoms with Crippen LogP contribution in [0.25, 0.3) is 0 Å². The molecule has 3 rings (SSSR count). The molecular formula is C21H23N3O3. The maximum atomic E-state index is 12.8. The van der Waals surface area contributed by atoms with Crippen LogP contribution in [-0.2, 0) is 4.79 Å². The highest BCUT2D eigenvalue weighted by atomic mass is 16.2. The number of benzene rings is 2. The molecule has 0 saturated heterocycles. The average molecular weight is 365 g/mol. The minimum atomic E-state index is -0.325. The Kier molecular flexibility index (Phi) is 5.54. The summed E-state index contributed by atoms with van der Waals surface area (Å²) in [5.41, 5.74) is 1.99. The lowest BCUT2D eigenvalue weighted by molar-refractivity contribution is -0.119. The monoisotopic (exact) mass is 365 g/mol. The van der Waals surface area contributed by atoms with Gasteiger partial charge in [-0.05, 0) is 50.1 Å². The molecule has 2 N–H and O–H groups in total. The number of anilines is 2. The molecule has 0 unspecified atom stereocenters. The third kappa shape index (κ3) is 4.34. The number of nitrogens with one attached hydrogen (secondary N) is 2. The molecule has 6 nitrogen and oxygen atoms in total. The van der Waals surface area contributed by atoms with E-state index in [0.29, 0.717) is 29.0 Å². The predicted molar refractivity (Wildman–Crippen MR) is 105 cm³/mol. The van der Waals surface area contributed by atoms with Crippen LogP contribution in [0, 0.1) is 5.92 Å². The molecule has 0 atom stereocenters. The Morgan fingerprint density at radius 2 is 1.78 bits per heavy atom. The van der Waals surface area contributed by atoms with E-state index in [4.69, 9.17) is 0 Å². The van der Waals surface area contributed by atoms with Crippen molar-refractivity contribution in [2.45, 2.75) is 19.8 Å². The van der Waals surface area contributed by atoms with E-state index in [9.17, 15) is 14.4 Å². The molecule has 1 aliphatic carbocycles. The molecule has 1 fully saturated rings. The van der Waals surface area contributed by atoms with Crippen LogP contribution in [0.4, 0.5) is 11.4 Å². The van der Waals surface area contributed by atoms with Gasteiger partial charge in [0.2, 0.25) is 5.91 Å². The molecule has 1 saturated carbocycles. The summed E-state index contributed by atoms with van der Waals surface area (Å²) in [6, 6.07) is 13.8. The molecule has 2 aromatic rings. The standard InChI is InChI=1S/C21H23N3O3/c1-3-22-19(25)15-7-6-8-16(13-15)23-20(26)17-9-4-5-10-18(17)24(2)21(27)14-11-12-14/h4-10,13-14H,3,11-12H2,1-2H3,(H,22,25)(H,23,26). The number of hydrogen-bond donors (Lipinski definition) is 2. The number of para-hydroxylation sites is 1. The predicted octanol–water partition coefficient (Wildman–Crippen LogP) is 3.06. The van der Waals surface area contributed by atoms with E-state index in [0.717, 1.165) is 12.8 Å². The largest absolute Gasteiger partial charge is 0.352 e. The summed E-state index contributed by atoms with van der Waals surface area (Å²) in [7, 11) is 1.70. The van der Waals surface area contributed by atoms with E-state index < -0.39 is 0 Å². The van der Waals surface area contributed by atoms with Gasteiger partial charge in [0.25, 0.3) is 11.8 Å². The van der Waals surface area contributed by atoms with Gasteiger partial charge in [-0.25, -0.2) is 0 Å². The van der Waals surface area contributed by atoms with Crippen molar-refractivity contribution >= 4 is 29.1 Å². The molecule has 0 aromatic heterocycles. The van der Waals surface area contributed by atoms with Gasteiger partial charge in [0.05, 0.1) is 11.3 Å². The van der Waals surface area contributed by atoms with Gasteiger partial charge in [0.1, 0.15) is 0 Å². The van der Waals surface area contributed by atoms with Crippen LogP contribution >= 0.6 is 0 Å². The van der Waals surface area contributed by atoms with Crippen molar-refractivity contribution < 1.29 is 14.4 Å². The SMILES string of the molecule is CCNC(=O)c1cccc(NC(=O)c2ccccc2N(C)C(=O)C2CC2)c1. The number of amides is 3. The molecule has 0 bridgehead atoms. The molecule has 1 aliphatic rings. The Morgan fingerprint density at radius 3 is 2.48 bits per heavy atom. The zero-order chi connectivity index (χ0) is 19.4. The zero-order valence-corrected chi connectivity index (χ0v) is 15.5. The van der Waals surface area contributed by atoms with Gasteiger partial charge >= 0.3 is 0 Å². The first kappa shape index (κ1) is 18.6. The number of hydrogen-bond acceptors (Lipinski definition) is 3. The second kappa shape index (κ2) is 8.03. The first-order chi connectivity index (χ1) is 13.0. The van der Waals surface area contributed by atoms with Crippen LogP contribution in [0.5, 0.6) is 0 Å². The number of nitrogens with zero attached hydrogens (tertiary/aromatic N) is 1. The van der Waals surface area contributed by atoms with Gasteiger partial charge in [0, 0.05) is 30.8 Å². The fourth-order valence-corrected chi connectivity index (χ4v) is 2.88. The van der Waals surface area contributed by atoms with E-state index in [2.05, 4.69) is 10.6 Å². The zero-order valence-electron chi connectivity index (χ0n) is 15.5. The van der Waals surface area contributed by atoms with E-state index in [-0.39, 0.29) is 23.6 Å². The second-order valence-electron chi connectivity index (χ2n) is 6.58. The van der Waals surface area contributed by atoms with Gasteiger partial charge in [-0.3, -0.25) is 14.4 Å².